The molecule has 1 N–H and O–H groups in total. The molecule has 0 bridgehead atoms. The van der Waals surface area contributed by atoms with Crippen molar-refractivity contribution in [2.75, 3.05) is 26.2 Å². The third-order valence-corrected chi connectivity index (χ3v) is 2.53. The fourth-order valence-electron chi connectivity index (χ4n) is 1.46. The van der Waals surface area contributed by atoms with Gasteiger partial charge in [0.2, 0.25) is 5.91 Å². The molecule has 3 heteroatoms. The summed E-state index contributed by atoms with van der Waals surface area (Å²) in [6.45, 7) is 12.0. The van der Waals surface area contributed by atoms with Crippen LogP contribution in [0.25, 0.3) is 0 Å². The van der Waals surface area contributed by atoms with Gasteiger partial charge in [0.1, 0.15) is 0 Å². The zero-order valence-electron chi connectivity index (χ0n) is 10.1. The van der Waals surface area contributed by atoms with Crippen molar-refractivity contribution in [1.82, 2.24) is 10.2 Å². The zero-order chi connectivity index (χ0) is 11.5. The Bertz CT molecular complexity index is 176. The molecule has 0 heterocycles. The van der Waals surface area contributed by atoms with Crippen LogP contribution < -0.4 is 5.32 Å². The Morgan fingerprint density at radius 3 is 2.47 bits per heavy atom. The van der Waals surface area contributed by atoms with Crippen molar-refractivity contribution in [3.05, 3.63) is 12.7 Å². The first-order valence-corrected chi connectivity index (χ1v) is 5.87. The monoisotopic (exact) mass is 212 g/mol. The maximum absolute atomic E-state index is 10.8. The highest BCUT2D eigenvalue weighted by Crippen LogP contribution is 1.97. The first kappa shape index (κ1) is 14.2. The van der Waals surface area contributed by atoms with Gasteiger partial charge in [-0.05, 0) is 38.6 Å². The van der Waals surface area contributed by atoms with Gasteiger partial charge in [-0.25, -0.2) is 0 Å². The molecule has 0 saturated heterocycles. The average Bonchev–Trinajstić information content (AvgIpc) is 2.28. The summed E-state index contributed by atoms with van der Waals surface area (Å²) in [5, 5.41) is 2.78. The lowest BCUT2D eigenvalue weighted by Crippen LogP contribution is -2.24. The Morgan fingerprint density at radius 1 is 1.27 bits per heavy atom. The van der Waals surface area contributed by atoms with Crippen LogP contribution >= 0.6 is 0 Å². The Labute approximate surface area is 93.5 Å². The molecule has 0 spiro atoms. The Hall–Kier alpha value is -0.830. The molecule has 88 valence electrons. The highest BCUT2D eigenvalue weighted by atomic mass is 16.1. The van der Waals surface area contributed by atoms with Crippen LogP contribution in [0.4, 0.5) is 0 Å². The molecular weight excluding hydrogens is 188 g/mol. The van der Waals surface area contributed by atoms with Crippen LogP contribution in [-0.2, 0) is 4.79 Å². The van der Waals surface area contributed by atoms with E-state index in [1.165, 1.54) is 25.5 Å². The molecule has 0 radical (unpaired) electrons. The molecule has 1 amide bonds. The highest BCUT2D eigenvalue weighted by Gasteiger charge is 1.98. The average molecular weight is 212 g/mol. The van der Waals surface area contributed by atoms with Crippen LogP contribution in [0.15, 0.2) is 12.7 Å². The summed E-state index contributed by atoms with van der Waals surface area (Å²) in [7, 11) is 0. The lowest BCUT2D eigenvalue weighted by atomic mass is 10.2. The summed E-state index contributed by atoms with van der Waals surface area (Å²) >= 11 is 0. The van der Waals surface area contributed by atoms with Crippen LogP contribution in [0, 0.1) is 0 Å². The second-order valence-corrected chi connectivity index (χ2v) is 3.58. The fraction of sp³-hybridized carbons (Fsp3) is 0.750. The van der Waals surface area contributed by atoms with Crippen molar-refractivity contribution in [2.45, 2.75) is 33.1 Å². The van der Waals surface area contributed by atoms with Gasteiger partial charge in [-0.2, -0.15) is 0 Å². The lowest BCUT2D eigenvalue weighted by molar-refractivity contribution is -0.116. The van der Waals surface area contributed by atoms with Gasteiger partial charge in [0, 0.05) is 6.54 Å². The second-order valence-electron chi connectivity index (χ2n) is 3.58. The molecule has 15 heavy (non-hydrogen) atoms. The van der Waals surface area contributed by atoms with Crippen LogP contribution in [0.3, 0.4) is 0 Å². The van der Waals surface area contributed by atoms with E-state index in [0.717, 1.165) is 26.1 Å². The summed E-state index contributed by atoms with van der Waals surface area (Å²) < 4.78 is 0. The van der Waals surface area contributed by atoms with E-state index in [9.17, 15) is 4.79 Å². The van der Waals surface area contributed by atoms with E-state index in [1.54, 1.807) is 0 Å². The van der Waals surface area contributed by atoms with Gasteiger partial charge in [-0.1, -0.05) is 26.8 Å². The normalized spacial score (nSPS) is 10.3. The Morgan fingerprint density at radius 2 is 1.93 bits per heavy atom. The molecule has 0 fully saturated rings. The number of amides is 1. The van der Waals surface area contributed by atoms with Crippen molar-refractivity contribution < 1.29 is 4.79 Å². The first-order chi connectivity index (χ1) is 7.24. The molecule has 0 aliphatic carbocycles. The molecule has 0 aliphatic rings. The van der Waals surface area contributed by atoms with E-state index < -0.39 is 0 Å². The van der Waals surface area contributed by atoms with Crippen LogP contribution in [0.5, 0.6) is 0 Å². The SMILES string of the molecule is C=CC(=O)NCCCCCN(CC)CC. The Kier molecular flexibility index (Phi) is 9.18. The smallest absolute Gasteiger partial charge is 0.243 e. The van der Waals surface area contributed by atoms with Crippen LogP contribution in [0.2, 0.25) is 0 Å². The summed E-state index contributed by atoms with van der Waals surface area (Å²) in [5.74, 6) is -0.0706. The topological polar surface area (TPSA) is 32.3 Å². The summed E-state index contributed by atoms with van der Waals surface area (Å²) in [6.07, 6.45) is 4.76. The number of nitrogens with zero attached hydrogens (tertiary/aromatic N) is 1. The van der Waals surface area contributed by atoms with E-state index >= 15 is 0 Å². The molecule has 0 aliphatic heterocycles. The van der Waals surface area contributed by atoms with E-state index in [4.69, 9.17) is 0 Å². The standard InChI is InChI=1S/C12H24N2O/c1-4-12(15)13-10-8-7-9-11-14(5-2)6-3/h4H,1,5-11H2,2-3H3,(H,13,15). The van der Waals surface area contributed by atoms with Gasteiger partial charge in [-0.3, -0.25) is 4.79 Å². The van der Waals surface area contributed by atoms with Gasteiger partial charge in [0.05, 0.1) is 0 Å². The predicted molar refractivity (Wildman–Crippen MR) is 64.8 cm³/mol. The minimum Gasteiger partial charge on any atom is -0.353 e. The molecule has 0 rings (SSSR count). The molecule has 0 aromatic carbocycles. The lowest BCUT2D eigenvalue weighted by Gasteiger charge is -2.17. The summed E-state index contributed by atoms with van der Waals surface area (Å²) in [4.78, 5) is 13.2. The third kappa shape index (κ3) is 8.18. The fourth-order valence-corrected chi connectivity index (χ4v) is 1.46. The summed E-state index contributed by atoms with van der Waals surface area (Å²) in [5.41, 5.74) is 0. The number of carbonyl (C=O) groups excluding carboxylic acids is 1. The largest absolute Gasteiger partial charge is 0.353 e. The number of carbonyl (C=O) groups is 1. The molecule has 0 saturated carbocycles. The minimum absolute atomic E-state index is 0.0706. The first-order valence-electron chi connectivity index (χ1n) is 5.87. The van der Waals surface area contributed by atoms with Gasteiger partial charge in [-0.15, -0.1) is 0 Å². The van der Waals surface area contributed by atoms with Gasteiger partial charge >= 0.3 is 0 Å². The van der Waals surface area contributed by atoms with Gasteiger partial charge in [0.25, 0.3) is 0 Å². The number of rotatable bonds is 9. The van der Waals surface area contributed by atoms with E-state index in [2.05, 4.69) is 30.6 Å². The molecular formula is C12H24N2O. The number of hydrogen-bond acceptors (Lipinski definition) is 2. The van der Waals surface area contributed by atoms with Gasteiger partial charge < -0.3 is 10.2 Å². The maximum Gasteiger partial charge on any atom is 0.243 e. The van der Waals surface area contributed by atoms with Crippen molar-refractivity contribution in [1.29, 1.82) is 0 Å². The molecule has 0 atom stereocenters. The zero-order valence-corrected chi connectivity index (χ0v) is 10.1. The van der Waals surface area contributed by atoms with E-state index in [1.807, 2.05) is 0 Å². The number of nitrogens with one attached hydrogen (secondary N) is 1. The van der Waals surface area contributed by atoms with E-state index in [0.29, 0.717) is 0 Å². The maximum atomic E-state index is 10.8. The minimum atomic E-state index is -0.0706. The quantitative estimate of drug-likeness (QED) is 0.467. The molecule has 3 nitrogen and oxygen atoms in total. The molecule has 0 unspecified atom stereocenters. The predicted octanol–water partition coefficient (Wildman–Crippen LogP) is 1.80. The van der Waals surface area contributed by atoms with E-state index in [-0.39, 0.29) is 5.91 Å². The third-order valence-electron chi connectivity index (χ3n) is 2.53. The van der Waals surface area contributed by atoms with Crippen molar-refractivity contribution in [2.24, 2.45) is 0 Å². The second kappa shape index (κ2) is 9.71. The van der Waals surface area contributed by atoms with Crippen LogP contribution in [0.1, 0.15) is 33.1 Å². The Balaban J connectivity index is 3.24. The number of hydrogen-bond donors (Lipinski definition) is 1. The van der Waals surface area contributed by atoms with Crippen LogP contribution in [-0.4, -0.2) is 37.0 Å². The highest BCUT2D eigenvalue weighted by molar-refractivity contribution is 5.86. The van der Waals surface area contributed by atoms with Gasteiger partial charge in [0.15, 0.2) is 0 Å². The van der Waals surface area contributed by atoms with Crippen molar-refractivity contribution >= 4 is 5.91 Å². The molecule has 0 aromatic heterocycles. The van der Waals surface area contributed by atoms with Crippen molar-refractivity contribution in [3.8, 4) is 0 Å². The van der Waals surface area contributed by atoms with Crippen molar-refractivity contribution in [3.63, 3.8) is 0 Å². The summed E-state index contributed by atoms with van der Waals surface area (Å²) in [6, 6.07) is 0. The number of unbranched alkanes of at least 4 members (excludes halogenated alkanes) is 2. The molecule has 0 aromatic rings.